The molecule has 0 saturated carbocycles. The van der Waals surface area contributed by atoms with Crippen LogP contribution in [-0.4, -0.2) is 61.8 Å². The van der Waals surface area contributed by atoms with Gasteiger partial charge in [-0.05, 0) is 49.8 Å². The van der Waals surface area contributed by atoms with Crippen molar-refractivity contribution in [1.82, 2.24) is 14.9 Å². The summed E-state index contributed by atoms with van der Waals surface area (Å²) in [7, 11) is -3.55. The molecule has 2 aromatic heterocycles. The fraction of sp³-hybridized carbons (Fsp3) is 0.417. The average Bonchev–Trinajstić information content (AvgIpc) is 2.79. The summed E-state index contributed by atoms with van der Waals surface area (Å²) in [5.41, 5.74) is 1.31. The molecule has 0 spiro atoms. The summed E-state index contributed by atoms with van der Waals surface area (Å²) in [6, 6.07) is 8.34. The van der Waals surface area contributed by atoms with Gasteiger partial charge in [-0.2, -0.15) is 4.98 Å². The molecule has 8 nitrogen and oxygen atoms in total. The van der Waals surface area contributed by atoms with E-state index >= 15 is 0 Å². The molecule has 3 aromatic rings. The molecule has 2 heterocycles. The van der Waals surface area contributed by atoms with Crippen LogP contribution in [0.25, 0.3) is 20.8 Å². The Labute approximate surface area is 203 Å². The van der Waals surface area contributed by atoms with Crippen LogP contribution in [0.2, 0.25) is 0 Å². The first-order chi connectivity index (χ1) is 16.1. The van der Waals surface area contributed by atoms with Gasteiger partial charge in [0.2, 0.25) is 0 Å². The van der Waals surface area contributed by atoms with Gasteiger partial charge in [-0.3, -0.25) is 14.6 Å². The predicted octanol–water partition coefficient (Wildman–Crippen LogP) is 3.25. The molecule has 0 aliphatic rings. The number of nitrogens with zero attached hydrogens (tertiary/aromatic N) is 3. The normalized spacial score (nSPS) is 11.8. The molecule has 0 aliphatic carbocycles. The number of carbonyl (C=O) groups is 1. The van der Waals surface area contributed by atoms with Crippen LogP contribution in [0, 0.1) is 6.92 Å². The molecular formula is C24H29N3O5S2. The van der Waals surface area contributed by atoms with Crippen molar-refractivity contribution in [2.75, 3.05) is 32.5 Å². The summed E-state index contributed by atoms with van der Waals surface area (Å²) < 4.78 is 30.6. The summed E-state index contributed by atoms with van der Waals surface area (Å²) in [5, 5.41) is 0.836. The van der Waals surface area contributed by atoms with E-state index in [1.807, 2.05) is 32.9 Å². The number of aryl methyl sites for hydroxylation is 2. The second-order valence-electron chi connectivity index (χ2n) is 8.02. The van der Waals surface area contributed by atoms with E-state index < -0.39 is 15.4 Å². The Kier molecular flexibility index (Phi) is 8.51. The Morgan fingerprint density at radius 1 is 1.12 bits per heavy atom. The number of hydrogen-bond donors (Lipinski definition) is 0. The molecule has 0 radical (unpaired) electrons. The van der Waals surface area contributed by atoms with Crippen LogP contribution < -0.4 is 5.56 Å². The lowest BCUT2D eigenvalue weighted by Gasteiger charge is -2.17. The van der Waals surface area contributed by atoms with Crippen molar-refractivity contribution >= 4 is 37.2 Å². The maximum Gasteiger partial charge on any atom is 0.306 e. The topological polar surface area (TPSA) is 107 Å². The molecule has 1 aromatic carbocycles. The van der Waals surface area contributed by atoms with Crippen LogP contribution in [0.1, 0.15) is 31.5 Å². The molecule has 0 atom stereocenters. The minimum Gasteiger partial charge on any atom is -0.464 e. The highest BCUT2D eigenvalue weighted by Crippen LogP contribution is 2.27. The number of rotatable bonds is 10. The van der Waals surface area contributed by atoms with E-state index in [9.17, 15) is 18.0 Å². The number of benzene rings is 1. The summed E-state index contributed by atoms with van der Waals surface area (Å²) in [5.74, 6) is -0.371. The lowest BCUT2D eigenvalue weighted by atomic mass is 10.2. The van der Waals surface area contributed by atoms with Crippen LogP contribution >= 0.6 is 11.3 Å². The van der Waals surface area contributed by atoms with Crippen molar-refractivity contribution in [3.8, 4) is 10.7 Å². The number of aromatic nitrogens is 2. The standard InChI is InChI=1S/C24H29N3O5S2/c1-5-27(6-2)11-12-32-22(28)10-8-17-14-18(34(4,30)31)15-20(25-17)24-26-23(29)19-9-7-16(3)13-21(19)33-24/h7,9,13-15H,5-6,8,10-12H2,1-4H3. The lowest BCUT2D eigenvalue weighted by molar-refractivity contribution is -0.144. The van der Waals surface area contributed by atoms with E-state index in [1.165, 1.54) is 23.5 Å². The molecule has 0 amide bonds. The molecule has 0 unspecified atom stereocenters. The minimum atomic E-state index is -3.55. The maximum atomic E-state index is 12.5. The zero-order chi connectivity index (χ0) is 24.9. The first kappa shape index (κ1) is 25.9. The highest BCUT2D eigenvalue weighted by molar-refractivity contribution is 7.90. The fourth-order valence-electron chi connectivity index (χ4n) is 3.42. The molecule has 182 valence electrons. The Bertz CT molecular complexity index is 1350. The lowest BCUT2D eigenvalue weighted by Crippen LogP contribution is -2.27. The number of sulfone groups is 1. The van der Waals surface area contributed by atoms with Crippen molar-refractivity contribution in [2.24, 2.45) is 0 Å². The highest BCUT2D eigenvalue weighted by Gasteiger charge is 2.16. The smallest absolute Gasteiger partial charge is 0.306 e. The van der Waals surface area contributed by atoms with E-state index in [2.05, 4.69) is 14.9 Å². The van der Waals surface area contributed by atoms with Crippen molar-refractivity contribution in [2.45, 2.75) is 38.5 Å². The molecule has 0 aliphatic heterocycles. The monoisotopic (exact) mass is 503 g/mol. The van der Waals surface area contributed by atoms with Gasteiger partial charge in [-0.15, -0.1) is 11.3 Å². The quantitative estimate of drug-likeness (QED) is 0.388. The van der Waals surface area contributed by atoms with Gasteiger partial charge in [-0.1, -0.05) is 19.9 Å². The summed E-state index contributed by atoms with van der Waals surface area (Å²) in [6.07, 6.45) is 1.39. The van der Waals surface area contributed by atoms with Gasteiger partial charge in [0.15, 0.2) is 9.84 Å². The number of hydrogen-bond acceptors (Lipinski definition) is 9. The first-order valence-electron chi connectivity index (χ1n) is 11.1. The molecule has 3 rings (SSSR count). The second kappa shape index (κ2) is 11.2. The third kappa shape index (κ3) is 6.68. The number of carbonyl (C=O) groups excluding carboxylic acids is 1. The van der Waals surface area contributed by atoms with Crippen LogP contribution in [0.15, 0.2) is 40.0 Å². The van der Waals surface area contributed by atoms with Crippen LogP contribution in [-0.2, 0) is 25.8 Å². The molecule has 0 saturated heterocycles. The van der Waals surface area contributed by atoms with Crippen LogP contribution in [0.5, 0.6) is 0 Å². The van der Waals surface area contributed by atoms with E-state index in [0.29, 0.717) is 34.9 Å². The third-order valence-corrected chi connectivity index (χ3v) is 7.57. The Morgan fingerprint density at radius 3 is 2.53 bits per heavy atom. The molecule has 10 heteroatoms. The van der Waals surface area contributed by atoms with Crippen molar-refractivity contribution in [1.29, 1.82) is 0 Å². The number of fused-ring (bicyclic) bond motifs is 1. The summed E-state index contributed by atoms with van der Waals surface area (Å²) in [4.78, 5) is 35.6. The van der Waals surface area contributed by atoms with Gasteiger partial charge in [0.1, 0.15) is 17.3 Å². The SMILES string of the molecule is CCN(CC)CCOC(=O)CCc1cc(S(C)(=O)=O)cc(-c2nc(=O)c3ccc(C)cc3s2)n1. The van der Waals surface area contributed by atoms with Crippen molar-refractivity contribution in [3.63, 3.8) is 0 Å². The summed E-state index contributed by atoms with van der Waals surface area (Å²) >= 11 is 1.27. The Morgan fingerprint density at radius 2 is 1.85 bits per heavy atom. The number of ether oxygens (including phenoxy) is 1. The second-order valence-corrected chi connectivity index (χ2v) is 11.1. The first-order valence-corrected chi connectivity index (χ1v) is 13.8. The largest absolute Gasteiger partial charge is 0.464 e. The van der Waals surface area contributed by atoms with E-state index in [1.54, 1.807) is 6.07 Å². The minimum absolute atomic E-state index is 0.0631. The van der Waals surface area contributed by atoms with Crippen LogP contribution in [0.4, 0.5) is 0 Å². The third-order valence-electron chi connectivity index (χ3n) is 5.43. The van der Waals surface area contributed by atoms with Crippen molar-refractivity contribution < 1.29 is 17.9 Å². The maximum absolute atomic E-state index is 12.5. The fourth-order valence-corrected chi connectivity index (χ4v) is 5.15. The summed E-state index contributed by atoms with van der Waals surface area (Å²) in [6.45, 7) is 8.75. The van der Waals surface area contributed by atoms with Gasteiger partial charge in [0, 0.05) is 29.6 Å². The van der Waals surface area contributed by atoms with E-state index in [4.69, 9.17) is 4.74 Å². The average molecular weight is 504 g/mol. The molecule has 0 fully saturated rings. The molecule has 0 bridgehead atoms. The predicted molar refractivity (Wildman–Crippen MR) is 134 cm³/mol. The number of likely N-dealkylation sites (N-methyl/N-ethyl adjacent to an activating group) is 1. The van der Waals surface area contributed by atoms with E-state index in [-0.39, 0.29) is 23.7 Å². The van der Waals surface area contributed by atoms with Gasteiger partial charge in [-0.25, -0.2) is 8.42 Å². The Hall–Kier alpha value is -2.69. The number of esters is 1. The zero-order valence-electron chi connectivity index (χ0n) is 19.8. The Balaban J connectivity index is 1.86. The van der Waals surface area contributed by atoms with Crippen molar-refractivity contribution in [3.05, 3.63) is 51.9 Å². The molecular weight excluding hydrogens is 474 g/mol. The number of pyridine rings is 1. The van der Waals surface area contributed by atoms with Gasteiger partial charge >= 0.3 is 5.97 Å². The molecule has 34 heavy (non-hydrogen) atoms. The van der Waals surface area contributed by atoms with E-state index in [0.717, 1.165) is 29.6 Å². The van der Waals surface area contributed by atoms with Gasteiger partial charge in [0.05, 0.1) is 16.7 Å². The highest BCUT2D eigenvalue weighted by atomic mass is 32.2. The van der Waals surface area contributed by atoms with Crippen LogP contribution in [0.3, 0.4) is 0 Å². The van der Waals surface area contributed by atoms with Gasteiger partial charge in [0.25, 0.3) is 5.56 Å². The van der Waals surface area contributed by atoms with Gasteiger partial charge < -0.3 is 9.64 Å². The zero-order valence-corrected chi connectivity index (χ0v) is 21.5. The molecule has 0 N–H and O–H groups in total.